The molecule has 1 spiro atoms. The summed E-state index contributed by atoms with van der Waals surface area (Å²) in [5, 5.41) is 3.28. The SMILES string of the molecule is CCS(=O)(=O)NCCNC(=NC)N1CCC2(CCCCC2)C1.I. The normalized spacial score (nSPS) is 21.3. The summed E-state index contributed by atoms with van der Waals surface area (Å²) in [7, 11) is -1.31. The van der Waals surface area contributed by atoms with E-state index in [1.807, 2.05) is 0 Å². The van der Waals surface area contributed by atoms with Gasteiger partial charge >= 0.3 is 0 Å². The molecule has 0 aromatic rings. The van der Waals surface area contributed by atoms with Crippen molar-refractivity contribution in [1.82, 2.24) is 14.9 Å². The lowest BCUT2D eigenvalue weighted by Gasteiger charge is -2.33. The van der Waals surface area contributed by atoms with Gasteiger partial charge < -0.3 is 10.2 Å². The Bertz CT molecular complexity index is 490. The first-order valence-corrected chi connectivity index (χ1v) is 10.1. The summed E-state index contributed by atoms with van der Waals surface area (Å²) < 4.78 is 25.4. The molecule has 2 aliphatic rings. The van der Waals surface area contributed by atoms with Gasteiger partial charge in [-0.1, -0.05) is 19.3 Å². The minimum atomic E-state index is -3.11. The topological polar surface area (TPSA) is 73.8 Å². The highest BCUT2D eigenvalue weighted by molar-refractivity contribution is 14.0. The first-order valence-electron chi connectivity index (χ1n) is 8.43. The second kappa shape index (κ2) is 9.41. The third-order valence-corrected chi connectivity index (χ3v) is 6.38. The summed E-state index contributed by atoms with van der Waals surface area (Å²) in [6.07, 6.45) is 8.05. The highest BCUT2D eigenvalue weighted by Gasteiger charge is 2.39. The van der Waals surface area contributed by atoms with Gasteiger partial charge in [-0.25, -0.2) is 13.1 Å². The van der Waals surface area contributed by atoms with Crippen molar-refractivity contribution >= 4 is 40.0 Å². The van der Waals surface area contributed by atoms with E-state index in [0.717, 1.165) is 19.0 Å². The highest BCUT2D eigenvalue weighted by Crippen LogP contribution is 2.43. The van der Waals surface area contributed by atoms with Crippen LogP contribution in [0.15, 0.2) is 4.99 Å². The molecule has 1 aliphatic heterocycles. The van der Waals surface area contributed by atoms with Crippen molar-refractivity contribution in [1.29, 1.82) is 0 Å². The average molecular weight is 458 g/mol. The summed E-state index contributed by atoms with van der Waals surface area (Å²) in [5.74, 6) is 1.02. The molecule has 1 aliphatic carbocycles. The minimum Gasteiger partial charge on any atom is -0.355 e. The Kier molecular flexibility index (Phi) is 8.57. The van der Waals surface area contributed by atoms with E-state index in [0.29, 0.717) is 18.5 Å². The number of hydrogen-bond acceptors (Lipinski definition) is 3. The van der Waals surface area contributed by atoms with Crippen molar-refractivity contribution in [2.24, 2.45) is 10.4 Å². The van der Waals surface area contributed by atoms with Crippen molar-refractivity contribution in [2.75, 3.05) is 39.0 Å². The maximum Gasteiger partial charge on any atom is 0.211 e. The second-order valence-electron chi connectivity index (χ2n) is 6.50. The zero-order chi connectivity index (χ0) is 16.1. The van der Waals surface area contributed by atoms with Crippen LogP contribution in [0, 0.1) is 5.41 Å². The largest absolute Gasteiger partial charge is 0.355 e. The van der Waals surface area contributed by atoms with Gasteiger partial charge in [0.05, 0.1) is 5.75 Å². The Morgan fingerprint density at radius 3 is 2.48 bits per heavy atom. The third kappa shape index (κ3) is 6.04. The molecule has 0 bridgehead atoms. The Morgan fingerprint density at radius 2 is 1.87 bits per heavy atom. The fourth-order valence-electron chi connectivity index (χ4n) is 3.64. The van der Waals surface area contributed by atoms with Gasteiger partial charge in [-0.15, -0.1) is 24.0 Å². The molecular weight excluding hydrogens is 427 g/mol. The van der Waals surface area contributed by atoms with Crippen LogP contribution in [-0.4, -0.2) is 58.3 Å². The second-order valence-corrected chi connectivity index (χ2v) is 8.60. The van der Waals surface area contributed by atoms with Gasteiger partial charge in [-0.2, -0.15) is 0 Å². The number of likely N-dealkylation sites (tertiary alicyclic amines) is 1. The number of nitrogens with zero attached hydrogens (tertiary/aromatic N) is 2. The Labute approximate surface area is 157 Å². The Balaban J connectivity index is 0.00000264. The van der Waals surface area contributed by atoms with Gasteiger partial charge in [0.25, 0.3) is 0 Å². The molecule has 0 aromatic heterocycles. The van der Waals surface area contributed by atoms with Crippen molar-refractivity contribution in [3.63, 3.8) is 0 Å². The molecule has 8 heteroatoms. The van der Waals surface area contributed by atoms with Crippen molar-refractivity contribution < 1.29 is 8.42 Å². The highest BCUT2D eigenvalue weighted by atomic mass is 127. The molecule has 2 rings (SSSR count). The van der Waals surface area contributed by atoms with Crippen LogP contribution in [0.3, 0.4) is 0 Å². The molecule has 0 atom stereocenters. The lowest BCUT2D eigenvalue weighted by Crippen LogP contribution is -2.44. The number of guanidine groups is 1. The summed E-state index contributed by atoms with van der Waals surface area (Å²) in [4.78, 5) is 6.69. The van der Waals surface area contributed by atoms with E-state index in [2.05, 4.69) is 19.9 Å². The molecule has 6 nitrogen and oxygen atoms in total. The van der Waals surface area contributed by atoms with Crippen LogP contribution in [0.4, 0.5) is 0 Å². The molecule has 2 fully saturated rings. The Morgan fingerprint density at radius 1 is 1.17 bits per heavy atom. The zero-order valence-electron chi connectivity index (χ0n) is 14.3. The van der Waals surface area contributed by atoms with E-state index in [9.17, 15) is 8.42 Å². The minimum absolute atomic E-state index is 0. The smallest absolute Gasteiger partial charge is 0.211 e. The predicted octanol–water partition coefficient (Wildman–Crippen LogP) is 1.78. The van der Waals surface area contributed by atoms with E-state index < -0.39 is 10.0 Å². The first-order chi connectivity index (χ1) is 10.5. The number of halogens is 1. The van der Waals surface area contributed by atoms with Crippen LogP contribution >= 0.6 is 24.0 Å². The monoisotopic (exact) mass is 458 g/mol. The lowest BCUT2D eigenvalue weighted by molar-refractivity contribution is 0.203. The van der Waals surface area contributed by atoms with E-state index >= 15 is 0 Å². The van der Waals surface area contributed by atoms with Crippen molar-refractivity contribution in [3.8, 4) is 0 Å². The average Bonchev–Trinajstić information content (AvgIpc) is 2.91. The van der Waals surface area contributed by atoms with Crippen LogP contribution in [-0.2, 0) is 10.0 Å². The summed E-state index contributed by atoms with van der Waals surface area (Å²) in [6.45, 7) is 4.75. The molecular formula is C15H31IN4O2S. The van der Waals surface area contributed by atoms with Crippen molar-refractivity contribution in [2.45, 2.75) is 45.4 Å². The maximum atomic E-state index is 11.4. The number of nitrogens with one attached hydrogen (secondary N) is 2. The summed E-state index contributed by atoms with van der Waals surface area (Å²) >= 11 is 0. The number of hydrogen-bond donors (Lipinski definition) is 2. The van der Waals surface area contributed by atoms with Crippen LogP contribution in [0.25, 0.3) is 0 Å². The van der Waals surface area contributed by atoms with Crippen LogP contribution in [0.5, 0.6) is 0 Å². The molecule has 0 aromatic carbocycles. The number of aliphatic imine (C=N–C) groups is 1. The third-order valence-electron chi connectivity index (χ3n) is 4.97. The number of sulfonamides is 1. The molecule has 1 saturated carbocycles. The molecule has 136 valence electrons. The van der Waals surface area contributed by atoms with Crippen LogP contribution < -0.4 is 10.0 Å². The summed E-state index contributed by atoms with van der Waals surface area (Å²) in [6, 6.07) is 0. The van der Waals surface area contributed by atoms with E-state index in [-0.39, 0.29) is 29.7 Å². The fraction of sp³-hybridized carbons (Fsp3) is 0.933. The van der Waals surface area contributed by atoms with Gasteiger partial charge in [0.15, 0.2) is 5.96 Å². The fourth-order valence-corrected chi connectivity index (χ4v) is 4.26. The molecule has 1 heterocycles. The molecule has 1 saturated heterocycles. The quantitative estimate of drug-likeness (QED) is 0.285. The van der Waals surface area contributed by atoms with E-state index in [1.165, 1.54) is 38.5 Å². The number of rotatable bonds is 5. The van der Waals surface area contributed by atoms with Crippen molar-refractivity contribution in [3.05, 3.63) is 0 Å². The van der Waals surface area contributed by atoms with Gasteiger partial charge in [0.1, 0.15) is 0 Å². The molecule has 2 N–H and O–H groups in total. The van der Waals surface area contributed by atoms with Crippen LogP contribution in [0.2, 0.25) is 0 Å². The molecule has 0 radical (unpaired) electrons. The van der Waals surface area contributed by atoms with E-state index in [4.69, 9.17) is 0 Å². The van der Waals surface area contributed by atoms with Crippen LogP contribution in [0.1, 0.15) is 45.4 Å². The standard InChI is InChI=1S/C15H30N4O2S.HI/c1-3-22(20,21)18-11-10-17-14(16-2)19-12-9-15(13-19)7-5-4-6-8-15;/h18H,3-13H2,1-2H3,(H,16,17);1H. The Hall–Kier alpha value is -0.0900. The summed E-state index contributed by atoms with van der Waals surface area (Å²) in [5.41, 5.74) is 0.500. The molecule has 0 amide bonds. The van der Waals surface area contributed by atoms with Gasteiger partial charge in [-0.3, -0.25) is 4.99 Å². The van der Waals surface area contributed by atoms with Gasteiger partial charge in [0, 0.05) is 33.2 Å². The molecule has 0 unspecified atom stereocenters. The zero-order valence-corrected chi connectivity index (χ0v) is 17.5. The maximum absolute atomic E-state index is 11.4. The molecule has 23 heavy (non-hydrogen) atoms. The predicted molar refractivity (Wildman–Crippen MR) is 106 cm³/mol. The lowest BCUT2D eigenvalue weighted by atomic mass is 9.73. The van der Waals surface area contributed by atoms with Gasteiger partial charge in [0.2, 0.25) is 10.0 Å². The van der Waals surface area contributed by atoms with E-state index in [1.54, 1.807) is 14.0 Å². The van der Waals surface area contributed by atoms with Gasteiger partial charge in [-0.05, 0) is 31.6 Å². The first kappa shape index (κ1) is 21.0.